The van der Waals surface area contributed by atoms with Crippen LogP contribution in [0.4, 0.5) is 0 Å². The Morgan fingerprint density at radius 3 is 2.04 bits per heavy atom. The Kier molecular flexibility index (Phi) is 11.8. The van der Waals surface area contributed by atoms with Crippen molar-refractivity contribution >= 4 is 53.4 Å². The molecular weight excluding hydrogens is 619 g/mol. The molecule has 0 saturated heterocycles. The van der Waals surface area contributed by atoms with Crippen molar-refractivity contribution in [3.63, 3.8) is 0 Å². The molecule has 1 aromatic heterocycles. The van der Waals surface area contributed by atoms with E-state index in [1.165, 1.54) is 48.5 Å². The molecule has 10 nitrogen and oxygen atoms in total. The number of nitrogens with zero attached hydrogens (tertiary/aromatic N) is 1. The maximum absolute atomic E-state index is 13.8. The molecule has 0 aliphatic carbocycles. The molecule has 0 spiro atoms. The van der Waals surface area contributed by atoms with Gasteiger partial charge in [0.1, 0.15) is 32.1 Å². The number of aromatic nitrogens is 1. The number of carbonyl (C=O) groups is 2. The van der Waals surface area contributed by atoms with Crippen LogP contribution in [0.5, 0.6) is 11.5 Å². The molecule has 0 amide bonds. The summed E-state index contributed by atoms with van der Waals surface area (Å²) in [6.07, 6.45) is 1.35. The normalized spacial score (nSPS) is 11.4. The van der Waals surface area contributed by atoms with Gasteiger partial charge in [-0.2, -0.15) is 4.57 Å². The van der Waals surface area contributed by atoms with Gasteiger partial charge in [0.25, 0.3) is 0 Å². The maximum Gasteiger partial charge on any atom is 1.00 e. The predicted octanol–water partition coefficient (Wildman–Crippen LogP) is -1.59. The first kappa shape index (κ1) is 36.4. The average Bonchev–Trinajstić information content (AvgIpc) is 2.95. The summed E-state index contributed by atoms with van der Waals surface area (Å²) >= 11 is 0. The van der Waals surface area contributed by atoms with E-state index in [-0.39, 0.29) is 93.1 Å². The third-order valence-corrected chi connectivity index (χ3v) is 7.38. The molecule has 5 rings (SSSR count). The largest absolute Gasteiger partial charge is 1.00 e. The number of phosphoric acid groups is 1. The number of pyridine rings is 1. The maximum atomic E-state index is 13.8. The van der Waals surface area contributed by atoms with Gasteiger partial charge in [-0.1, -0.05) is 30.3 Å². The minimum atomic E-state index is -5.46. The van der Waals surface area contributed by atoms with Gasteiger partial charge in [-0.25, -0.2) is 9.59 Å². The molecule has 0 unspecified atom stereocenters. The number of aromatic hydroxyl groups is 1. The number of hydrogen-bond donors (Lipinski definition) is 2. The van der Waals surface area contributed by atoms with Crippen LogP contribution in [0.1, 0.15) is 43.0 Å². The topological polar surface area (TPSA) is 160 Å². The van der Waals surface area contributed by atoms with E-state index >= 15 is 0 Å². The first-order chi connectivity index (χ1) is 20.3. The van der Waals surface area contributed by atoms with Crippen LogP contribution in [0.15, 0.2) is 78.9 Å². The standard InChI is InChI=1S/C32H26NO9P.2Na/c1-18-14-22(31(35)36)15-19(2)30(18)41-32(37)29-24-6-4-5-7-26(24)33(3)27-17-21(10-13-25(27)29)28(42-43(38,39)40)16-20-8-11-23(34)12-9-20;;/h4-17H,1-3H3,(H3,35,36,38,39,40);;/q;2*+1/p-1. The summed E-state index contributed by atoms with van der Waals surface area (Å²) in [6, 6.07) is 20.6. The summed E-state index contributed by atoms with van der Waals surface area (Å²) in [5.74, 6) is -1.77. The second-order valence-corrected chi connectivity index (χ2v) is 11.0. The van der Waals surface area contributed by atoms with Gasteiger partial charge in [-0.3, -0.25) is 0 Å². The van der Waals surface area contributed by atoms with E-state index in [1.54, 1.807) is 51.2 Å². The van der Waals surface area contributed by atoms with Crippen LogP contribution in [0.3, 0.4) is 0 Å². The number of para-hydroxylation sites is 1. The molecule has 5 aromatic rings. The number of carboxylic acids is 1. The number of esters is 1. The van der Waals surface area contributed by atoms with Crippen LogP contribution in [-0.2, 0) is 16.1 Å². The van der Waals surface area contributed by atoms with Crippen LogP contribution in [0.25, 0.3) is 33.6 Å². The molecule has 0 aliphatic heterocycles. The molecule has 0 fully saturated rings. The Labute approximate surface area is 302 Å². The molecule has 2 N–H and O–H groups in total. The van der Waals surface area contributed by atoms with Crippen molar-refractivity contribution in [3.05, 3.63) is 112 Å². The van der Waals surface area contributed by atoms with E-state index in [0.29, 0.717) is 38.5 Å². The number of benzene rings is 4. The van der Waals surface area contributed by atoms with Gasteiger partial charge in [0.2, 0.25) is 11.0 Å². The van der Waals surface area contributed by atoms with E-state index in [1.807, 2.05) is 10.6 Å². The van der Waals surface area contributed by atoms with Gasteiger partial charge < -0.3 is 33.8 Å². The molecule has 0 aliphatic rings. The summed E-state index contributed by atoms with van der Waals surface area (Å²) in [4.78, 5) is 48.6. The molecule has 45 heavy (non-hydrogen) atoms. The number of phenols is 1. The molecular formula is C32H25NNa2O9P+. The van der Waals surface area contributed by atoms with Crippen LogP contribution in [0.2, 0.25) is 0 Å². The van der Waals surface area contributed by atoms with Gasteiger partial charge in [0, 0.05) is 17.7 Å². The quantitative estimate of drug-likeness (QED) is 0.0311. The summed E-state index contributed by atoms with van der Waals surface area (Å²) < 4.78 is 24.2. The van der Waals surface area contributed by atoms with Gasteiger partial charge in [0.05, 0.1) is 21.9 Å². The van der Waals surface area contributed by atoms with Gasteiger partial charge in [-0.15, -0.1) is 0 Å². The average molecular weight is 645 g/mol. The van der Waals surface area contributed by atoms with Crippen molar-refractivity contribution in [2.45, 2.75) is 13.8 Å². The summed E-state index contributed by atoms with van der Waals surface area (Å²) in [6.45, 7) is 3.31. The monoisotopic (exact) mass is 644 g/mol. The number of aromatic carboxylic acids is 1. The van der Waals surface area contributed by atoms with Crippen molar-refractivity contribution in [2.75, 3.05) is 0 Å². The van der Waals surface area contributed by atoms with Crippen LogP contribution in [-0.4, -0.2) is 22.2 Å². The number of phosphoric ester groups is 1. The predicted molar refractivity (Wildman–Crippen MR) is 155 cm³/mol. The van der Waals surface area contributed by atoms with Gasteiger partial charge >= 0.3 is 71.1 Å². The van der Waals surface area contributed by atoms with Gasteiger partial charge in [-0.05, 0) is 73.0 Å². The second kappa shape index (κ2) is 14.6. The van der Waals surface area contributed by atoms with Crippen molar-refractivity contribution in [1.82, 2.24) is 0 Å². The van der Waals surface area contributed by atoms with Crippen molar-refractivity contribution in [3.8, 4) is 11.5 Å². The van der Waals surface area contributed by atoms with E-state index in [0.717, 1.165) is 0 Å². The fourth-order valence-corrected chi connectivity index (χ4v) is 5.43. The fraction of sp³-hybridized carbons (Fsp3) is 0.0938. The molecule has 218 valence electrons. The Balaban J connectivity index is 0.00000276. The Morgan fingerprint density at radius 1 is 0.844 bits per heavy atom. The van der Waals surface area contributed by atoms with Crippen LogP contribution < -0.4 is 78.2 Å². The van der Waals surface area contributed by atoms with Crippen LogP contribution in [0, 0.1) is 13.8 Å². The third-order valence-electron chi connectivity index (χ3n) is 6.95. The zero-order valence-electron chi connectivity index (χ0n) is 25.2. The molecule has 1 heterocycles. The summed E-state index contributed by atoms with van der Waals surface area (Å²) in [7, 11) is -3.69. The smallest absolute Gasteiger partial charge is 0.780 e. The molecule has 0 radical (unpaired) electrons. The van der Waals surface area contributed by atoms with Crippen molar-refractivity contribution < 1.29 is 107 Å². The number of carboxylic acid groups (broad SMARTS) is 1. The van der Waals surface area contributed by atoms with Crippen molar-refractivity contribution in [1.29, 1.82) is 0 Å². The fourth-order valence-electron chi connectivity index (χ4n) is 5.03. The number of ether oxygens (including phenoxy) is 1. The zero-order valence-corrected chi connectivity index (χ0v) is 30.1. The van der Waals surface area contributed by atoms with Crippen LogP contribution >= 0.6 is 7.82 Å². The zero-order chi connectivity index (χ0) is 31.1. The Bertz CT molecular complexity index is 2000. The molecule has 0 saturated carbocycles. The van der Waals surface area contributed by atoms with E-state index in [4.69, 9.17) is 9.26 Å². The SMILES string of the molecule is Cc1cc(C(=O)O)cc(C)c1OC(=O)c1c2ccccc2[n+](C)c2cc(/C(=C/c3ccc(O)cc3)OP(=O)([O-])[O-])ccc12.[Na+].[Na+]. The number of hydrogen-bond acceptors (Lipinski definition) is 8. The van der Waals surface area contributed by atoms with Gasteiger partial charge in [0.15, 0.2) is 0 Å². The number of aryl methyl sites for hydroxylation is 3. The number of fused-ring (bicyclic) bond motifs is 2. The minimum absolute atomic E-state index is 0. The van der Waals surface area contributed by atoms with E-state index in [9.17, 15) is 34.2 Å². The van der Waals surface area contributed by atoms with E-state index < -0.39 is 19.8 Å². The van der Waals surface area contributed by atoms with Crippen molar-refractivity contribution in [2.24, 2.45) is 7.05 Å². The number of phenolic OH excluding ortho intramolecular Hbond substituents is 1. The third kappa shape index (κ3) is 8.04. The Hall–Kier alpha value is -3.02. The first-order valence-corrected chi connectivity index (χ1v) is 14.4. The second-order valence-electron chi connectivity index (χ2n) is 9.96. The number of rotatable bonds is 7. The summed E-state index contributed by atoms with van der Waals surface area (Å²) in [5.41, 5.74) is 3.14. The molecule has 4 aromatic carbocycles. The van der Waals surface area contributed by atoms with E-state index in [2.05, 4.69) is 0 Å². The first-order valence-electron chi connectivity index (χ1n) is 13.0. The summed E-state index contributed by atoms with van der Waals surface area (Å²) in [5, 5.41) is 20.0. The Morgan fingerprint density at radius 2 is 1.44 bits per heavy atom. The molecule has 13 heteroatoms. The number of carbonyl (C=O) groups excluding carboxylic acids is 1. The molecule has 0 bridgehead atoms. The molecule has 0 atom stereocenters. The minimum Gasteiger partial charge on any atom is -0.780 e.